The second-order valence-electron chi connectivity index (χ2n) is 10.1. The van der Waals surface area contributed by atoms with Crippen molar-refractivity contribution in [1.82, 2.24) is 0 Å². The van der Waals surface area contributed by atoms with Crippen LogP contribution in [0, 0.1) is 0 Å². The van der Waals surface area contributed by atoms with Gasteiger partial charge in [0.05, 0.1) is 13.2 Å². The van der Waals surface area contributed by atoms with E-state index in [1.807, 2.05) is 0 Å². The molecule has 0 radical (unpaired) electrons. The largest absolute Gasteiger partial charge is 0.507 e. The van der Waals surface area contributed by atoms with Gasteiger partial charge in [0.1, 0.15) is 77.1 Å². The first-order valence-electron chi connectivity index (χ1n) is 13.0. The van der Waals surface area contributed by atoms with Crippen LogP contribution in [0.15, 0.2) is 45.6 Å². The van der Waals surface area contributed by atoms with Crippen LogP contribution >= 0.6 is 0 Å². The smallest absolute Gasteiger partial charge is 0.229 e. The number of ether oxygens (including phenoxy) is 4. The molecule has 0 spiro atoms. The van der Waals surface area contributed by atoms with Crippen molar-refractivity contribution in [3.05, 3.63) is 46.6 Å². The van der Waals surface area contributed by atoms with E-state index in [-0.39, 0.29) is 28.0 Å². The minimum Gasteiger partial charge on any atom is -0.507 e. The van der Waals surface area contributed by atoms with Crippen molar-refractivity contribution in [2.24, 2.45) is 0 Å². The lowest BCUT2D eigenvalue weighted by molar-refractivity contribution is -0.352. The molecule has 2 aromatic carbocycles. The Morgan fingerprint density at radius 2 is 1.37 bits per heavy atom. The van der Waals surface area contributed by atoms with Gasteiger partial charge in [0.2, 0.25) is 6.29 Å². The highest BCUT2D eigenvalue weighted by atomic mass is 16.7. The Bertz CT molecular complexity index is 1500. The number of phenolic OH excluding ortho intramolecular Hbond substituents is 3. The van der Waals surface area contributed by atoms with Gasteiger partial charge in [-0.15, -0.1) is 0 Å². The Kier molecular flexibility index (Phi) is 8.77. The molecule has 2 aliphatic rings. The monoisotopic (exact) mass is 610 g/mol. The van der Waals surface area contributed by atoms with E-state index in [0.29, 0.717) is 0 Å². The number of aliphatic hydroxyl groups is 7. The number of phenols is 3. The molecule has 10 N–H and O–H groups in total. The zero-order chi connectivity index (χ0) is 31.2. The van der Waals surface area contributed by atoms with Gasteiger partial charge in [-0.1, -0.05) is 0 Å². The van der Waals surface area contributed by atoms with Crippen LogP contribution in [-0.2, 0) is 14.2 Å². The molecule has 16 heteroatoms. The van der Waals surface area contributed by atoms with E-state index < -0.39 is 97.3 Å². The normalized spacial score (nSPS) is 33.0. The molecule has 2 saturated heterocycles. The predicted molar refractivity (Wildman–Crippen MR) is 140 cm³/mol. The van der Waals surface area contributed by atoms with Gasteiger partial charge in [-0.05, 0) is 18.2 Å². The number of hydrogen-bond donors (Lipinski definition) is 10. The number of aromatic hydroxyl groups is 3. The number of hydrogen-bond acceptors (Lipinski definition) is 16. The predicted octanol–water partition coefficient (Wildman–Crippen LogP) is -2.42. The molecule has 16 nitrogen and oxygen atoms in total. The maximum atomic E-state index is 12.7. The van der Waals surface area contributed by atoms with Gasteiger partial charge in [-0.25, -0.2) is 0 Å². The first kappa shape index (κ1) is 30.9. The molecule has 0 bridgehead atoms. The van der Waals surface area contributed by atoms with Crippen LogP contribution in [0.1, 0.15) is 0 Å². The Morgan fingerprint density at radius 3 is 2.05 bits per heavy atom. The summed E-state index contributed by atoms with van der Waals surface area (Å²) >= 11 is 0. The average molecular weight is 611 g/mol. The van der Waals surface area contributed by atoms with E-state index in [2.05, 4.69) is 0 Å². The van der Waals surface area contributed by atoms with Crippen LogP contribution in [-0.4, -0.2) is 126 Å². The molecule has 43 heavy (non-hydrogen) atoms. The van der Waals surface area contributed by atoms with Crippen LogP contribution in [0.3, 0.4) is 0 Å². The van der Waals surface area contributed by atoms with Crippen LogP contribution < -0.4 is 10.2 Å². The Hall–Kier alpha value is -3.55. The van der Waals surface area contributed by atoms with Crippen molar-refractivity contribution in [3.8, 4) is 34.3 Å². The Morgan fingerprint density at radius 1 is 0.698 bits per heavy atom. The molecule has 0 unspecified atom stereocenters. The summed E-state index contributed by atoms with van der Waals surface area (Å²) in [6.07, 6.45) is -16.7. The molecule has 10 atom stereocenters. The molecular weight excluding hydrogens is 580 g/mol. The molecule has 234 valence electrons. The van der Waals surface area contributed by atoms with E-state index in [1.165, 1.54) is 18.2 Å². The van der Waals surface area contributed by atoms with E-state index in [1.54, 1.807) is 0 Å². The summed E-state index contributed by atoms with van der Waals surface area (Å²) in [5, 5.41) is 101. The van der Waals surface area contributed by atoms with Crippen LogP contribution in [0.5, 0.6) is 23.0 Å². The zero-order valence-electron chi connectivity index (χ0n) is 22.1. The minimum atomic E-state index is -1.87. The Labute approximate surface area is 241 Å². The fourth-order valence-electron chi connectivity index (χ4n) is 4.92. The topological polar surface area (TPSA) is 269 Å². The number of fused-ring (bicyclic) bond motifs is 1. The summed E-state index contributed by atoms with van der Waals surface area (Å²) in [5.74, 6) is -1.64. The number of rotatable bonds is 7. The summed E-state index contributed by atoms with van der Waals surface area (Å²) in [6.45, 7) is -1.54. The van der Waals surface area contributed by atoms with Crippen molar-refractivity contribution >= 4 is 11.0 Å². The molecule has 0 amide bonds. The highest BCUT2D eigenvalue weighted by Crippen LogP contribution is 2.36. The van der Waals surface area contributed by atoms with Gasteiger partial charge in [-0.3, -0.25) is 4.79 Å². The average Bonchev–Trinajstić information content (AvgIpc) is 2.97. The van der Waals surface area contributed by atoms with Crippen LogP contribution in [0.4, 0.5) is 0 Å². The van der Waals surface area contributed by atoms with Gasteiger partial charge in [-0.2, -0.15) is 0 Å². The molecule has 1 aromatic heterocycles. The molecular formula is C27H30O16. The van der Waals surface area contributed by atoms with Gasteiger partial charge in [0, 0.05) is 23.8 Å². The maximum absolute atomic E-state index is 12.7. The summed E-state index contributed by atoms with van der Waals surface area (Å²) < 4.78 is 27.7. The molecule has 0 aliphatic carbocycles. The second kappa shape index (κ2) is 12.2. The lowest BCUT2D eigenvalue weighted by Crippen LogP contribution is -2.65. The lowest BCUT2D eigenvalue weighted by Gasteiger charge is -2.45. The highest BCUT2D eigenvalue weighted by molar-refractivity contribution is 5.86. The summed E-state index contributed by atoms with van der Waals surface area (Å²) in [4.78, 5) is 12.7. The fraction of sp³-hybridized carbons (Fsp3) is 0.444. The third-order valence-corrected chi connectivity index (χ3v) is 7.26. The minimum absolute atomic E-state index is 0.0257. The maximum Gasteiger partial charge on any atom is 0.229 e. The van der Waals surface area contributed by atoms with Crippen LogP contribution in [0.2, 0.25) is 0 Å². The summed E-state index contributed by atoms with van der Waals surface area (Å²) in [7, 11) is 0. The van der Waals surface area contributed by atoms with Gasteiger partial charge < -0.3 is 74.4 Å². The summed E-state index contributed by atoms with van der Waals surface area (Å²) in [5.41, 5.74) is -0.588. The third-order valence-electron chi connectivity index (χ3n) is 7.26. The third kappa shape index (κ3) is 5.85. The van der Waals surface area contributed by atoms with E-state index in [4.69, 9.17) is 23.4 Å². The van der Waals surface area contributed by atoms with E-state index in [9.17, 15) is 55.9 Å². The summed E-state index contributed by atoms with van der Waals surface area (Å²) in [6, 6.07) is 7.01. The van der Waals surface area contributed by atoms with Gasteiger partial charge >= 0.3 is 0 Å². The standard InChI is InChI=1S/C27H30O16/c28-7-17-20(34)21(35)23(37)27(41-17)43-25-18(8-29)42-26(24(38)22(25)36)39-10-4-13(32)19-14(33)6-15(40-16(19)5-10)9-1-2-11(30)12(31)3-9/h1-6,17-18,20-32,34-38H,7-8H2/t17-,18-,20-,21+,22-,23-,24-,25-,26-,27+/m1/s1. The lowest BCUT2D eigenvalue weighted by atomic mass is 9.97. The van der Waals surface area contributed by atoms with Gasteiger partial charge in [0.25, 0.3) is 0 Å². The van der Waals surface area contributed by atoms with Crippen molar-refractivity contribution in [1.29, 1.82) is 0 Å². The molecule has 3 heterocycles. The first-order valence-corrected chi connectivity index (χ1v) is 13.0. The quantitative estimate of drug-likeness (QED) is 0.125. The highest BCUT2D eigenvalue weighted by Gasteiger charge is 2.51. The number of benzene rings is 2. The first-order chi connectivity index (χ1) is 20.4. The molecule has 0 saturated carbocycles. The van der Waals surface area contributed by atoms with Gasteiger partial charge in [0.15, 0.2) is 23.2 Å². The second-order valence-corrected chi connectivity index (χ2v) is 10.1. The molecule has 3 aromatic rings. The van der Waals surface area contributed by atoms with E-state index in [0.717, 1.165) is 18.2 Å². The zero-order valence-corrected chi connectivity index (χ0v) is 22.1. The van der Waals surface area contributed by atoms with Crippen molar-refractivity contribution in [2.75, 3.05) is 13.2 Å². The Balaban J connectivity index is 1.38. The number of aliphatic hydroxyl groups excluding tert-OH is 7. The van der Waals surface area contributed by atoms with Crippen LogP contribution in [0.25, 0.3) is 22.3 Å². The fourth-order valence-corrected chi connectivity index (χ4v) is 4.92. The van der Waals surface area contributed by atoms with Crippen molar-refractivity contribution in [2.45, 2.75) is 61.4 Å². The van der Waals surface area contributed by atoms with Crippen molar-refractivity contribution < 1.29 is 74.4 Å². The molecule has 5 rings (SSSR count). The SMILES string of the molecule is O=c1cc(-c2ccc(O)c(O)c2)oc2cc(O[C@@H]3O[C@H](CO)[C@@H](O[C@@H]4O[C@H](CO)[C@@H](O)[C@H](O)[C@H]4O)[C@H](O)[C@H]3O)cc(O)c12. The molecule has 2 fully saturated rings. The van der Waals surface area contributed by atoms with Crippen molar-refractivity contribution in [3.63, 3.8) is 0 Å². The van der Waals surface area contributed by atoms with E-state index >= 15 is 0 Å². The molecule has 2 aliphatic heterocycles.